The van der Waals surface area contributed by atoms with Crippen molar-refractivity contribution in [3.63, 3.8) is 0 Å². The molecule has 0 saturated carbocycles. The molecule has 26 heavy (non-hydrogen) atoms. The molecule has 2 aliphatic heterocycles. The first kappa shape index (κ1) is 17.0. The summed E-state index contributed by atoms with van der Waals surface area (Å²) in [5.41, 5.74) is 2.13. The number of carbonyl (C=O) groups excluding carboxylic acids is 2. The van der Waals surface area contributed by atoms with Crippen molar-refractivity contribution in [2.24, 2.45) is 4.99 Å². The Bertz CT molecular complexity index is 797. The van der Waals surface area contributed by atoms with Crippen molar-refractivity contribution in [3.8, 4) is 0 Å². The maximum absolute atomic E-state index is 13.0. The Labute approximate surface area is 156 Å². The molecule has 2 amide bonds. The van der Waals surface area contributed by atoms with Crippen molar-refractivity contribution >= 4 is 28.7 Å². The maximum Gasteiger partial charge on any atom is 0.275 e. The number of benzene rings is 2. The molecule has 2 aromatic carbocycles. The second kappa shape index (κ2) is 7.43. The first-order valence-corrected chi connectivity index (χ1v) is 9.59. The summed E-state index contributed by atoms with van der Waals surface area (Å²) >= 11 is 1.47. The average molecular weight is 365 g/mol. The van der Waals surface area contributed by atoms with Crippen LogP contribution in [0.15, 0.2) is 65.7 Å². The summed E-state index contributed by atoms with van der Waals surface area (Å²) in [7, 11) is 0. The van der Waals surface area contributed by atoms with Crippen LogP contribution in [0.2, 0.25) is 0 Å². The minimum atomic E-state index is -0.863. The van der Waals surface area contributed by atoms with E-state index in [-0.39, 0.29) is 11.8 Å². The van der Waals surface area contributed by atoms with E-state index < -0.39 is 6.04 Å². The molecule has 0 aromatic heterocycles. The molecule has 1 atom stereocenters. The van der Waals surface area contributed by atoms with Gasteiger partial charge in [-0.25, -0.2) is 0 Å². The highest BCUT2D eigenvalue weighted by Gasteiger charge is 2.43. The van der Waals surface area contributed by atoms with Gasteiger partial charge in [-0.3, -0.25) is 19.4 Å². The Morgan fingerprint density at radius 1 is 0.962 bits per heavy atom. The van der Waals surface area contributed by atoms with E-state index in [1.54, 1.807) is 4.90 Å². The zero-order valence-electron chi connectivity index (χ0n) is 14.2. The van der Waals surface area contributed by atoms with Crippen LogP contribution in [-0.4, -0.2) is 45.1 Å². The molecule has 0 N–H and O–H groups in total. The van der Waals surface area contributed by atoms with Crippen LogP contribution in [0.1, 0.15) is 11.1 Å². The van der Waals surface area contributed by atoms with Gasteiger partial charge in [-0.2, -0.15) is 4.99 Å². The van der Waals surface area contributed by atoms with Gasteiger partial charge in [0.15, 0.2) is 11.2 Å². The highest BCUT2D eigenvalue weighted by Crippen LogP contribution is 2.26. The third-order valence-corrected chi connectivity index (χ3v) is 5.50. The van der Waals surface area contributed by atoms with Gasteiger partial charge in [-0.05, 0) is 11.1 Å². The molecule has 2 aromatic rings. The number of aliphatic imine (C=N–C) groups is 1. The first-order chi connectivity index (χ1) is 12.7. The largest absolute Gasteiger partial charge is 0.289 e. The van der Waals surface area contributed by atoms with E-state index in [9.17, 15) is 9.59 Å². The normalized spacial score (nSPS) is 19.7. The summed E-state index contributed by atoms with van der Waals surface area (Å²) in [4.78, 5) is 33.5. The van der Waals surface area contributed by atoms with Gasteiger partial charge in [0.25, 0.3) is 11.8 Å². The second-order valence-electron chi connectivity index (χ2n) is 6.35. The summed E-state index contributed by atoms with van der Waals surface area (Å²) in [6.07, 6.45) is 0. The van der Waals surface area contributed by atoms with Crippen molar-refractivity contribution in [3.05, 3.63) is 71.8 Å². The lowest BCUT2D eigenvalue weighted by atomic mass is 10.1. The molecule has 1 fully saturated rings. The van der Waals surface area contributed by atoms with Gasteiger partial charge in [-0.1, -0.05) is 72.4 Å². The molecule has 5 nitrogen and oxygen atoms in total. The summed E-state index contributed by atoms with van der Waals surface area (Å²) < 4.78 is 0. The van der Waals surface area contributed by atoms with Gasteiger partial charge in [0.2, 0.25) is 0 Å². The van der Waals surface area contributed by atoms with Crippen LogP contribution < -0.4 is 0 Å². The van der Waals surface area contributed by atoms with Crippen LogP contribution in [0, 0.1) is 0 Å². The van der Waals surface area contributed by atoms with E-state index in [1.807, 2.05) is 65.6 Å². The van der Waals surface area contributed by atoms with Crippen LogP contribution in [0.4, 0.5) is 0 Å². The zero-order valence-corrected chi connectivity index (χ0v) is 15.1. The van der Waals surface area contributed by atoms with Gasteiger partial charge < -0.3 is 0 Å². The number of thioether (sulfide) groups is 1. The summed E-state index contributed by atoms with van der Waals surface area (Å²) in [5.74, 6) is 0.279. The van der Waals surface area contributed by atoms with Crippen molar-refractivity contribution in [1.29, 1.82) is 0 Å². The first-order valence-electron chi connectivity index (χ1n) is 8.61. The Balaban J connectivity index is 1.65. The molecule has 4 rings (SSSR count). The molecule has 6 heteroatoms. The third kappa shape index (κ3) is 3.43. The molecule has 1 saturated heterocycles. The smallest absolute Gasteiger partial charge is 0.275 e. The lowest BCUT2D eigenvalue weighted by Gasteiger charge is -2.33. The van der Waals surface area contributed by atoms with Crippen LogP contribution in [0.25, 0.3) is 0 Å². The molecule has 2 heterocycles. The lowest BCUT2D eigenvalue weighted by Crippen LogP contribution is -2.55. The molecular formula is C20H19N3O2S. The number of hydrogen-bond donors (Lipinski definition) is 0. The molecule has 0 bridgehead atoms. The standard InChI is InChI=1S/C20H19N3O2S/c24-18-17(19(25)23-11-12-26-20(23)21-18)22(13-15-7-3-1-4-8-15)14-16-9-5-2-6-10-16/h1-10,17H,11-14H2. The highest BCUT2D eigenvalue weighted by molar-refractivity contribution is 8.14. The number of rotatable bonds is 5. The molecule has 2 aliphatic rings. The lowest BCUT2D eigenvalue weighted by molar-refractivity contribution is -0.141. The number of carbonyl (C=O) groups is 2. The van der Waals surface area contributed by atoms with E-state index >= 15 is 0 Å². The third-order valence-electron chi connectivity index (χ3n) is 4.54. The molecule has 0 spiro atoms. The van der Waals surface area contributed by atoms with Gasteiger partial charge in [-0.15, -0.1) is 0 Å². The summed E-state index contributed by atoms with van der Waals surface area (Å²) in [6, 6.07) is 19.0. The maximum atomic E-state index is 13.0. The van der Waals surface area contributed by atoms with Crippen molar-refractivity contribution < 1.29 is 9.59 Å². The molecule has 0 radical (unpaired) electrons. The number of hydrogen-bond acceptors (Lipinski definition) is 4. The van der Waals surface area contributed by atoms with Gasteiger partial charge in [0.1, 0.15) is 0 Å². The average Bonchev–Trinajstić information content (AvgIpc) is 3.12. The topological polar surface area (TPSA) is 53.0 Å². The van der Waals surface area contributed by atoms with E-state index in [1.165, 1.54) is 11.8 Å². The van der Waals surface area contributed by atoms with Crippen LogP contribution in [0.5, 0.6) is 0 Å². The van der Waals surface area contributed by atoms with Crippen molar-refractivity contribution in [2.75, 3.05) is 12.3 Å². The van der Waals surface area contributed by atoms with E-state index in [4.69, 9.17) is 0 Å². The van der Waals surface area contributed by atoms with E-state index in [0.717, 1.165) is 16.9 Å². The Kier molecular flexibility index (Phi) is 4.86. The van der Waals surface area contributed by atoms with E-state index in [0.29, 0.717) is 24.8 Å². The van der Waals surface area contributed by atoms with Crippen molar-refractivity contribution in [2.45, 2.75) is 19.1 Å². The molecule has 1 unspecified atom stereocenters. The monoisotopic (exact) mass is 365 g/mol. The Morgan fingerprint density at radius 2 is 1.54 bits per heavy atom. The highest BCUT2D eigenvalue weighted by atomic mass is 32.2. The van der Waals surface area contributed by atoms with Crippen LogP contribution in [0.3, 0.4) is 0 Å². The minimum absolute atomic E-state index is 0.156. The SMILES string of the molecule is O=C1N=C2SCCN2C(=O)C1N(Cc1ccccc1)Cc1ccccc1. The van der Waals surface area contributed by atoms with Crippen LogP contribution in [-0.2, 0) is 22.7 Å². The molecule has 132 valence electrons. The predicted molar refractivity (Wildman–Crippen MR) is 103 cm³/mol. The summed E-state index contributed by atoms with van der Waals surface area (Å²) in [6.45, 7) is 1.66. The number of amidine groups is 1. The fraction of sp³-hybridized carbons (Fsp3) is 0.250. The quantitative estimate of drug-likeness (QED) is 0.764. The van der Waals surface area contributed by atoms with Crippen LogP contribution >= 0.6 is 11.8 Å². The zero-order chi connectivity index (χ0) is 17.9. The Morgan fingerprint density at radius 3 is 2.12 bits per heavy atom. The fourth-order valence-electron chi connectivity index (χ4n) is 3.29. The second-order valence-corrected chi connectivity index (χ2v) is 7.41. The fourth-order valence-corrected chi connectivity index (χ4v) is 4.24. The Hall–Kier alpha value is -2.44. The number of nitrogens with zero attached hydrogens (tertiary/aromatic N) is 3. The minimum Gasteiger partial charge on any atom is -0.289 e. The summed E-state index contributed by atoms with van der Waals surface area (Å²) in [5, 5.41) is 0.552. The number of amides is 2. The van der Waals surface area contributed by atoms with Gasteiger partial charge >= 0.3 is 0 Å². The van der Waals surface area contributed by atoms with Gasteiger partial charge in [0.05, 0.1) is 0 Å². The van der Waals surface area contributed by atoms with Crippen molar-refractivity contribution in [1.82, 2.24) is 9.80 Å². The molecular weight excluding hydrogens is 346 g/mol. The predicted octanol–water partition coefficient (Wildman–Crippen LogP) is 2.53. The van der Waals surface area contributed by atoms with E-state index in [2.05, 4.69) is 4.99 Å². The molecule has 0 aliphatic carbocycles. The van der Waals surface area contributed by atoms with Gasteiger partial charge in [0, 0.05) is 25.4 Å². The number of fused-ring (bicyclic) bond motifs is 1.